The van der Waals surface area contributed by atoms with E-state index in [1.54, 1.807) is 7.11 Å². The lowest BCUT2D eigenvalue weighted by Crippen LogP contribution is -2.05. The first kappa shape index (κ1) is 12.6. The molecule has 3 heteroatoms. The summed E-state index contributed by atoms with van der Waals surface area (Å²) < 4.78 is 5.35. The molecule has 0 atom stereocenters. The molecule has 0 saturated carbocycles. The molecule has 0 aliphatic heterocycles. The molecule has 102 valence electrons. The highest BCUT2D eigenvalue weighted by atomic mass is 16.5. The van der Waals surface area contributed by atoms with Gasteiger partial charge < -0.3 is 14.7 Å². The number of aryl methyl sites for hydroxylation is 1. The molecule has 2 N–H and O–H groups in total. The molecule has 0 amide bonds. The summed E-state index contributed by atoms with van der Waals surface area (Å²) in [7, 11) is 1.70. The Balaban J connectivity index is 2.08. The van der Waals surface area contributed by atoms with Gasteiger partial charge in [0.15, 0.2) is 0 Å². The third kappa shape index (κ3) is 2.23. The number of methoxy groups -OCH3 is 1. The lowest BCUT2D eigenvalue weighted by molar-refractivity contribution is 0.411. The van der Waals surface area contributed by atoms with Crippen molar-refractivity contribution >= 4 is 0 Å². The molecule has 2 aromatic heterocycles. The van der Waals surface area contributed by atoms with Crippen LogP contribution in [0.5, 0.6) is 5.75 Å². The van der Waals surface area contributed by atoms with E-state index in [0.717, 1.165) is 11.3 Å². The molecule has 0 unspecified atom stereocenters. The highest BCUT2D eigenvalue weighted by Gasteiger charge is 2.19. The van der Waals surface area contributed by atoms with Gasteiger partial charge in [-0.2, -0.15) is 0 Å². The monoisotopic (exact) mass is 266 g/mol. The van der Waals surface area contributed by atoms with Crippen molar-refractivity contribution in [1.82, 2.24) is 9.97 Å². The van der Waals surface area contributed by atoms with E-state index in [2.05, 4.69) is 41.2 Å². The fourth-order valence-corrected chi connectivity index (χ4v) is 2.66. The molecule has 0 fully saturated rings. The van der Waals surface area contributed by atoms with Crippen LogP contribution in [0.25, 0.3) is 0 Å². The summed E-state index contributed by atoms with van der Waals surface area (Å²) in [6.45, 7) is 2.07. The van der Waals surface area contributed by atoms with Crippen molar-refractivity contribution in [3.05, 3.63) is 77.4 Å². The van der Waals surface area contributed by atoms with Gasteiger partial charge in [0.05, 0.1) is 13.0 Å². The Labute approximate surface area is 118 Å². The van der Waals surface area contributed by atoms with E-state index in [-0.39, 0.29) is 5.92 Å². The van der Waals surface area contributed by atoms with Crippen molar-refractivity contribution in [3.8, 4) is 5.75 Å². The summed E-state index contributed by atoms with van der Waals surface area (Å²) in [5.41, 5.74) is 4.75. The van der Waals surface area contributed by atoms with Crippen molar-refractivity contribution in [3.63, 3.8) is 0 Å². The Bertz CT molecular complexity index is 635. The summed E-state index contributed by atoms with van der Waals surface area (Å²) in [5, 5.41) is 0. The molecule has 0 aliphatic carbocycles. The maximum absolute atomic E-state index is 5.35. The third-order valence-corrected chi connectivity index (χ3v) is 3.62. The van der Waals surface area contributed by atoms with Gasteiger partial charge in [-0.05, 0) is 48.4 Å². The minimum Gasteiger partial charge on any atom is -0.496 e. The number of aromatic nitrogens is 2. The molecule has 0 aliphatic rings. The maximum Gasteiger partial charge on any atom is 0.121 e. The molecule has 3 nitrogen and oxygen atoms in total. The normalized spacial score (nSPS) is 10.9. The number of hydrogen-bond donors (Lipinski definition) is 2. The zero-order chi connectivity index (χ0) is 13.9. The second-order valence-electron chi connectivity index (χ2n) is 4.91. The van der Waals surface area contributed by atoms with E-state index >= 15 is 0 Å². The van der Waals surface area contributed by atoms with Gasteiger partial charge in [-0.25, -0.2) is 0 Å². The molecule has 2 heterocycles. The molecule has 0 spiro atoms. The first-order chi connectivity index (χ1) is 9.79. The lowest BCUT2D eigenvalue weighted by Gasteiger charge is -2.17. The summed E-state index contributed by atoms with van der Waals surface area (Å²) >= 11 is 0. The van der Waals surface area contributed by atoms with Gasteiger partial charge in [-0.1, -0.05) is 12.1 Å². The molecular weight excluding hydrogens is 248 g/mol. The zero-order valence-electron chi connectivity index (χ0n) is 11.7. The summed E-state index contributed by atoms with van der Waals surface area (Å²) in [4.78, 5) is 6.64. The number of aromatic amines is 2. The van der Waals surface area contributed by atoms with E-state index < -0.39 is 0 Å². The number of benzene rings is 1. The van der Waals surface area contributed by atoms with Gasteiger partial charge in [0.2, 0.25) is 0 Å². The van der Waals surface area contributed by atoms with Crippen LogP contribution in [-0.4, -0.2) is 17.1 Å². The number of H-pyrrole nitrogens is 2. The summed E-state index contributed by atoms with van der Waals surface area (Å²) in [6.07, 6.45) is 3.92. The topological polar surface area (TPSA) is 40.8 Å². The van der Waals surface area contributed by atoms with E-state index in [9.17, 15) is 0 Å². The first-order valence-corrected chi connectivity index (χ1v) is 6.70. The van der Waals surface area contributed by atoms with Crippen molar-refractivity contribution in [1.29, 1.82) is 0 Å². The molecule has 0 radical (unpaired) electrons. The second kappa shape index (κ2) is 5.29. The van der Waals surface area contributed by atoms with Gasteiger partial charge in [0, 0.05) is 23.8 Å². The van der Waals surface area contributed by atoms with Crippen LogP contribution in [0.3, 0.4) is 0 Å². The van der Waals surface area contributed by atoms with E-state index in [1.165, 1.54) is 17.0 Å². The Morgan fingerprint density at radius 1 is 0.950 bits per heavy atom. The van der Waals surface area contributed by atoms with Crippen molar-refractivity contribution in [2.45, 2.75) is 12.8 Å². The fraction of sp³-hybridized carbons (Fsp3) is 0.176. The van der Waals surface area contributed by atoms with Crippen LogP contribution in [0, 0.1) is 6.92 Å². The smallest absolute Gasteiger partial charge is 0.121 e. The standard InChI is InChI=1S/C17H18N2O/c1-12-11-13(7-8-16(12)20-2)17(14-5-3-9-18-14)15-6-4-10-19-15/h3-11,17-19H,1-2H3. The van der Waals surface area contributed by atoms with Gasteiger partial charge >= 0.3 is 0 Å². The van der Waals surface area contributed by atoms with Crippen LogP contribution >= 0.6 is 0 Å². The van der Waals surface area contributed by atoms with Crippen molar-refractivity contribution in [2.24, 2.45) is 0 Å². The predicted octanol–water partition coefficient (Wildman–Crippen LogP) is 3.84. The molecule has 20 heavy (non-hydrogen) atoms. The molecule has 3 rings (SSSR count). The molecule has 0 saturated heterocycles. The summed E-state index contributed by atoms with van der Waals surface area (Å²) in [5.74, 6) is 1.11. The predicted molar refractivity (Wildman–Crippen MR) is 80.3 cm³/mol. The Hall–Kier alpha value is -2.42. The molecule has 0 bridgehead atoms. The fourth-order valence-electron chi connectivity index (χ4n) is 2.66. The molecule has 3 aromatic rings. The van der Waals surface area contributed by atoms with Crippen LogP contribution in [0.1, 0.15) is 28.4 Å². The molecule has 1 aromatic carbocycles. The highest BCUT2D eigenvalue weighted by Crippen LogP contribution is 2.32. The van der Waals surface area contributed by atoms with Crippen LogP contribution in [0.4, 0.5) is 0 Å². The van der Waals surface area contributed by atoms with Crippen LogP contribution in [0.2, 0.25) is 0 Å². The quantitative estimate of drug-likeness (QED) is 0.740. The number of rotatable bonds is 4. The molecular formula is C17H18N2O. The van der Waals surface area contributed by atoms with Crippen LogP contribution in [0.15, 0.2) is 54.9 Å². The SMILES string of the molecule is COc1ccc(C(c2ccc[nH]2)c2ccc[nH]2)cc1C. The summed E-state index contributed by atoms with van der Waals surface area (Å²) in [6, 6.07) is 14.6. The third-order valence-electron chi connectivity index (χ3n) is 3.62. The largest absolute Gasteiger partial charge is 0.496 e. The van der Waals surface area contributed by atoms with Gasteiger partial charge in [0.25, 0.3) is 0 Å². The average Bonchev–Trinajstić information content (AvgIpc) is 3.13. The Morgan fingerprint density at radius 3 is 2.05 bits per heavy atom. The Morgan fingerprint density at radius 2 is 1.60 bits per heavy atom. The van der Waals surface area contributed by atoms with Crippen LogP contribution < -0.4 is 4.74 Å². The average molecular weight is 266 g/mol. The van der Waals surface area contributed by atoms with Gasteiger partial charge in [-0.15, -0.1) is 0 Å². The minimum absolute atomic E-state index is 0.185. The van der Waals surface area contributed by atoms with Gasteiger partial charge in [0.1, 0.15) is 5.75 Å². The number of ether oxygens (including phenoxy) is 1. The van der Waals surface area contributed by atoms with Crippen LogP contribution in [-0.2, 0) is 0 Å². The number of nitrogens with one attached hydrogen (secondary N) is 2. The zero-order valence-corrected chi connectivity index (χ0v) is 11.7. The van der Waals surface area contributed by atoms with Crippen molar-refractivity contribution in [2.75, 3.05) is 7.11 Å². The van der Waals surface area contributed by atoms with Gasteiger partial charge in [-0.3, -0.25) is 0 Å². The first-order valence-electron chi connectivity index (χ1n) is 6.70. The van der Waals surface area contributed by atoms with Crippen molar-refractivity contribution < 1.29 is 4.74 Å². The highest BCUT2D eigenvalue weighted by molar-refractivity contribution is 5.44. The van der Waals surface area contributed by atoms with E-state index in [0.29, 0.717) is 0 Å². The number of hydrogen-bond acceptors (Lipinski definition) is 1. The maximum atomic E-state index is 5.35. The van der Waals surface area contributed by atoms with E-state index in [1.807, 2.05) is 30.6 Å². The second-order valence-corrected chi connectivity index (χ2v) is 4.91. The van der Waals surface area contributed by atoms with E-state index in [4.69, 9.17) is 4.74 Å². The lowest BCUT2D eigenvalue weighted by atomic mass is 9.91. The minimum atomic E-state index is 0.185. The Kier molecular flexibility index (Phi) is 3.33.